The van der Waals surface area contributed by atoms with Crippen LogP contribution in [-0.2, 0) is 9.53 Å². The van der Waals surface area contributed by atoms with E-state index in [9.17, 15) is 9.59 Å². The average Bonchev–Trinajstić information content (AvgIpc) is 2.63. The largest absolute Gasteiger partial charge is 0.491 e. The molecule has 0 spiro atoms. The maximum Gasteiger partial charge on any atom is 0.407 e. The third kappa shape index (κ3) is 6.90. The third-order valence-electron chi connectivity index (χ3n) is 4.08. The van der Waals surface area contributed by atoms with Crippen LogP contribution in [0.5, 0.6) is 5.75 Å². The van der Waals surface area contributed by atoms with Crippen LogP contribution in [0.3, 0.4) is 0 Å². The van der Waals surface area contributed by atoms with E-state index >= 15 is 0 Å². The molecule has 144 valence electrons. The molecule has 2 N–H and O–H groups in total. The molecule has 1 aromatic rings. The lowest BCUT2D eigenvalue weighted by Gasteiger charge is -2.31. The lowest BCUT2D eigenvalue weighted by molar-refractivity contribution is -0.123. The van der Waals surface area contributed by atoms with Gasteiger partial charge in [0.05, 0.1) is 5.02 Å². The summed E-state index contributed by atoms with van der Waals surface area (Å²) in [5.74, 6) is 0.280. The van der Waals surface area contributed by atoms with E-state index in [1.807, 2.05) is 0 Å². The van der Waals surface area contributed by atoms with Gasteiger partial charge in [0.2, 0.25) is 0 Å². The number of hydrogen-bond donors (Lipinski definition) is 2. The zero-order valence-corrected chi connectivity index (χ0v) is 16.1. The van der Waals surface area contributed by atoms with Crippen molar-refractivity contribution in [2.24, 2.45) is 0 Å². The fourth-order valence-corrected chi connectivity index (χ4v) is 3.05. The van der Waals surface area contributed by atoms with Crippen LogP contribution < -0.4 is 15.4 Å². The molecular formula is C17H23Cl2N3O4. The van der Waals surface area contributed by atoms with E-state index in [2.05, 4.69) is 15.5 Å². The Bertz CT molecular complexity index is 622. The van der Waals surface area contributed by atoms with Gasteiger partial charge in [-0.1, -0.05) is 23.2 Å². The highest BCUT2D eigenvalue weighted by atomic mass is 35.5. The smallest absolute Gasteiger partial charge is 0.407 e. The number of nitrogens with zero attached hydrogens (tertiary/aromatic N) is 1. The van der Waals surface area contributed by atoms with Gasteiger partial charge in [0.25, 0.3) is 5.91 Å². The maximum atomic E-state index is 11.6. The van der Waals surface area contributed by atoms with Gasteiger partial charge in [-0.2, -0.15) is 0 Å². The van der Waals surface area contributed by atoms with Crippen molar-refractivity contribution in [1.82, 2.24) is 15.5 Å². The number of hydrogen-bond acceptors (Lipinski definition) is 5. The van der Waals surface area contributed by atoms with Crippen molar-refractivity contribution in [3.05, 3.63) is 28.2 Å². The van der Waals surface area contributed by atoms with Crippen molar-refractivity contribution in [3.8, 4) is 5.75 Å². The highest BCUT2D eigenvalue weighted by molar-refractivity contribution is 6.35. The molecule has 1 saturated heterocycles. The fraction of sp³-hybridized carbons (Fsp3) is 0.529. The van der Waals surface area contributed by atoms with Crippen LogP contribution in [-0.4, -0.2) is 62.8 Å². The van der Waals surface area contributed by atoms with Crippen LogP contribution in [0.15, 0.2) is 18.2 Å². The van der Waals surface area contributed by atoms with Gasteiger partial charge in [-0.15, -0.1) is 0 Å². The molecular weight excluding hydrogens is 381 g/mol. The van der Waals surface area contributed by atoms with E-state index in [4.69, 9.17) is 32.7 Å². The first-order chi connectivity index (χ1) is 12.5. The van der Waals surface area contributed by atoms with Gasteiger partial charge in [-0.25, -0.2) is 4.79 Å². The minimum absolute atomic E-state index is 0.0510. The molecule has 1 aromatic carbocycles. The molecule has 0 aromatic heterocycles. The summed E-state index contributed by atoms with van der Waals surface area (Å²) in [5, 5.41) is 6.25. The van der Waals surface area contributed by atoms with E-state index in [-0.39, 0.29) is 18.6 Å². The molecule has 1 aliphatic rings. The first kappa shape index (κ1) is 20.6. The summed E-state index contributed by atoms with van der Waals surface area (Å²) in [6.45, 7) is 2.71. The number of alkyl carbamates (subject to hydrolysis) is 1. The number of likely N-dealkylation sites (tertiary alicyclic amines) is 1. The molecule has 0 aliphatic carbocycles. The van der Waals surface area contributed by atoms with Crippen LogP contribution in [0.4, 0.5) is 4.79 Å². The predicted octanol–water partition coefficient (Wildman–Crippen LogP) is 2.31. The highest BCUT2D eigenvalue weighted by Crippen LogP contribution is 2.27. The Morgan fingerprint density at radius 1 is 1.27 bits per heavy atom. The Hall–Kier alpha value is -1.70. The number of carbonyl (C=O) groups excluding carboxylic acids is 2. The van der Waals surface area contributed by atoms with Crippen LogP contribution in [0.1, 0.15) is 12.8 Å². The molecule has 0 unspecified atom stereocenters. The Kier molecular flexibility index (Phi) is 8.28. The summed E-state index contributed by atoms with van der Waals surface area (Å²) in [7, 11) is 1.49. The Labute approximate surface area is 162 Å². The Morgan fingerprint density at radius 3 is 2.65 bits per heavy atom. The van der Waals surface area contributed by atoms with Gasteiger partial charge in [0.15, 0.2) is 6.61 Å². The lowest BCUT2D eigenvalue weighted by Crippen LogP contribution is -2.46. The highest BCUT2D eigenvalue weighted by Gasteiger charge is 2.21. The second-order valence-corrected chi connectivity index (χ2v) is 6.78. The van der Waals surface area contributed by atoms with E-state index in [0.29, 0.717) is 22.4 Å². The lowest BCUT2D eigenvalue weighted by atomic mass is 10.1. The van der Waals surface area contributed by atoms with Crippen LogP contribution in [0.25, 0.3) is 0 Å². The van der Waals surface area contributed by atoms with Gasteiger partial charge < -0.3 is 20.1 Å². The summed E-state index contributed by atoms with van der Waals surface area (Å²) in [6.07, 6.45) is 1.07. The summed E-state index contributed by atoms with van der Waals surface area (Å²) in [4.78, 5) is 24.9. The van der Waals surface area contributed by atoms with Crippen molar-refractivity contribution in [2.45, 2.75) is 18.9 Å². The molecule has 7 nitrogen and oxygen atoms in total. The van der Waals surface area contributed by atoms with E-state index in [1.54, 1.807) is 18.2 Å². The molecule has 0 bridgehead atoms. The number of nitrogens with one attached hydrogen (secondary N) is 2. The van der Waals surface area contributed by atoms with Gasteiger partial charge in [0, 0.05) is 37.7 Å². The van der Waals surface area contributed by atoms with Crippen molar-refractivity contribution < 1.29 is 19.1 Å². The summed E-state index contributed by atoms with van der Waals surface area (Å²) >= 11 is 11.9. The normalized spacial score (nSPS) is 15.3. The number of piperidine rings is 1. The second kappa shape index (κ2) is 10.4. The second-order valence-electron chi connectivity index (χ2n) is 5.93. The van der Waals surface area contributed by atoms with Crippen molar-refractivity contribution in [3.63, 3.8) is 0 Å². The molecule has 1 fully saturated rings. The molecule has 1 aliphatic heterocycles. The van der Waals surface area contributed by atoms with Crippen LogP contribution >= 0.6 is 23.2 Å². The molecule has 9 heteroatoms. The summed E-state index contributed by atoms with van der Waals surface area (Å²) < 4.78 is 10.5. The molecule has 2 rings (SSSR count). The van der Waals surface area contributed by atoms with E-state index in [0.717, 1.165) is 32.5 Å². The molecule has 0 atom stereocenters. The van der Waals surface area contributed by atoms with Crippen LogP contribution in [0.2, 0.25) is 10.0 Å². The number of carbonyl (C=O) groups is 2. The molecule has 0 saturated carbocycles. The average molecular weight is 404 g/mol. The van der Waals surface area contributed by atoms with Gasteiger partial charge in [0.1, 0.15) is 12.4 Å². The van der Waals surface area contributed by atoms with Crippen molar-refractivity contribution >= 4 is 35.2 Å². The molecule has 0 radical (unpaired) electrons. The van der Waals surface area contributed by atoms with Gasteiger partial charge >= 0.3 is 6.09 Å². The van der Waals surface area contributed by atoms with Crippen molar-refractivity contribution in [1.29, 1.82) is 0 Å². The van der Waals surface area contributed by atoms with Crippen molar-refractivity contribution in [2.75, 3.05) is 39.9 Å². The van der Waals surface area contributed by atoms with E-state index < -0.39 is 6.09 Å². The number of amides is 2. The fourth-order valence-electron chi connectivity index (χ4n) is 2.59. The molecule has 1 heterocycles. The SMILES string of the molecule is CNC(=O)COC(=O)NC1CCN(CCOc2ccc(Cl)cc2Cl)CC1. The number of ether oxygens (including phenoxy) is 2. The predicted molar refractivity (Wildman–Crippen MR) is 100.0 cm³/mol. The first-order valence-electron chi connectivity index (χ1n) is 8.42. The summed E-state index contributed by atoms with van der Waals surface area (Å²) in [6, 6.07) is 5.20. The standard InChI is InChI=1S/C17H23Cl2N3O4/c1-20-16(23)11-26-17(24)21-13-4-6-22(7-5-13)8-9-25-15-3-2-12(18)10-14(15)19/h2-3,10,13H,4-9,11H2,1H3,(H,20,23)(H,21,24). The Balaban J connectivity index is 1.62. The van der Waals surface area contributed by atoms with Gasteiger partial charge in [-0.3, -0.25) is 9.69 Å². The summed E-state index contributed by atoms with van der Waals surface area (Å²) in [5.41, 5.74) is 0. The zero-order valence-electron chi connectivity index (χ0n) is 14.6. The quantitative estimate of drug-likeness (QED) is 0.729. The minimum atomic E-state index is -0.562. The number of rotatable bonds is 7. The minimum Gasteiger partial charge on any atom is -0.491 e. The number of benzene rings is 1. The zero-order chi connectivity index (χ0) is 18.9. The molecule has 2 amide bonds. The number of halogens is 2. The van der Waals surface area contributed by atoms with Crippen LogP contribution in [0, 0.1) is 0 Å². The van der Waals surface area contributed by atoms with Gasteiger partial charge in [-0.05, 0) is 31.0 Å². The monoisotopic (exact) mass is 403 g/mol. The van der Waals surface area contributed by atoms with E-state index in [1.165, 1.54) is 7.05 Å². The first-order valence-corrected chi connectivity index (χ1v) is 9.17. The topological polar surface area (TPSA) is 79.9 Å². The third-order valence-corrected chi connectivity index (χ3v) is 4.61. The number of likely N-dealkylation sites (N-methyl/N-ethyl adjacent to an activating group) is 1. The maximum absolute atomic E-state index is 11.6. The Morgan fingerprint density at radius 2 is 2.00 bits per heavy atom. The molecule has 26 heavy (non-hydrogen) atoms.